The van der Waals surface area contributed by atoms with Crippen molar-refractivity contribution < 1.29 is 14.6 Å². The maximum atomic E-state index is 11.5. The Morgan fingerprint density at radius 3 is 2.00 bits per heavy atom. The van der Waals surface area contributed by atoms with E-state index in [-0.39, 0.29) is 12.6 Å². The smallest absolute Gasteiger partial charge is 0.305 e. The molecule has 3 nitrogen and oxygen atoms in total. The van der Waals surface area contributed by atoms with Crippen LogP contribution in [0.15, 0.2) is 12.2 Å². The third-order valence-corrected chi connectivity index (χ3v) is 5.27. The zero-order chi connectivity index (χ0) is 18.6. The highest BCUT2D eigenvalue weighted by Crippen LogP contribution is 2.10. The predicted octanol–water partition coefficient (Wildman–Crippen LogP) is 6.36. The summed E-state index contributed by atoms with van der Waals surface area (Å²) in [6.07, 6.45) is 20.9. The average Bonchev–Trinajstić information content (AvgIpc) is 2.62. The zero-order valence-corrected chi connectivity index (χ0v) is 18.3. The minimum Gasteiger partial charge on any atom is -0.463 e. The van der Waals surface area contributed by atoms with Crippen molar-refractivity contribution in [2.75, 3.05) is 11.0 Å². The first-order valence-corrected chi connectivity index (χ1v) is 11.8. The first-order chi connectivity index (χ1) is 12.2. The maximum Gasteiger partial charge on any atom is 0.305 e. The van der Waals surface area contributed by atoms with Crippen LogP contribution in [0, 0.1) is 0 Å². The van der Waals surface area contributed by atoms with E-state index in [1.165, 1.54) is 70.6 Å². The van der Waals surface area contributed by atoms with Gasteiger partial charge in [0, 0.05) is 10.8 Å². The molecule has 0 aliphatic rings. The molecule has 0 radical (unpaired) electrons. The molecule has 0 heterocycles. The number of hydrogen-bond donors (Lipinski definition) is 1. The minimum absolute atomic E-state index is 0.132. The van der Waals surface area contributed by atoms with Crippen LogP contribution in [0.1, 0.15) is 96.8 Å². The molecule has 0 aromatic carbocycles. The Balaban J connectivity index is 3.22. The average molecular weight is 466 g/mol. The van der Waals surface area contributed by atoms with Crippen LogP contribution in [0.4, 0.5) is 0 Å². The molecule has 0 rings (SSSR count). The third-order valence-electron chi connectivity index (χ3n) is 4.26. The molecule has 0 aliphatic heterocycles. The maximum absolute atomic E-state index is 11.5. The van der Waals surface area contributed by atoms with Crippen LogP contribution < -0.4 is 0 Å². The van der Waals surface area contributed by atoms with Gasteiger partial charge >= 0.3 is 5.97 Å². The number of hydrogen-bond acceptors (Lipinski definition) is 3. The number of carbonyl (C=O) groups excluding carboxylic acids is 1. The topological polar surface area (TPSA) is 46.5 Å². The largest absolute Gasteiger partial charge is 0.463 e. The lowest BCUT2D eigenvalue weighted by Crippen LogP contribution is -2.19. The Morgan fingerprint density at radius 2 is 1.44 bits per heavy atom. The van der Waals surface area contributed by atoms with Gasteiger partial charge in [-0.1, -0.05) is 93.0 Å². The first-order valence-electron chi connectivity index (χ1n) is 10.2. The van der Waals surface area contributed by atoms with Crippen molar-refractivity contribution in [3.63, 3.8) is 0 Å². The summed E-state index contributed by atoms with van der Waals surface area (Å²) in [5.41, 5.74) is 0. The summed E-state index contributed by atoms with van der Waals surface area (Å²) < 4.78 is 5.61. The van der Waals surface area contributed by atoms with E-state index in [2.05, 4.69) is 41.7 Å². The summed E-state index contributed by atoms with van der Waals surface area (Å²) in [5, 5.41) is 9.32. The second-order valence-electron chi connectivity index (χ2n) is 6.83. The van der Waals surface area contributed by atoms with Crippen LogP contribution in [-0.4, -0.2) is 28.2 Å². The highest BCUT2D eigenvalue weighted by atomic mass is 127. The fraction of sp³-hybridized carbons (Fsp3) is 0.857. The molecular formula is C21H39IO3. The number of alkyl halides is 1. The van der Waals surface area contributed by atoms with Gasteiger partial charge in [-0.05, 0) is 32.1 Å². The second-order valence-corrected chi connectivity index (χ2v) is 7.71. The van der Waals surface area contributed by atoms with Crippen molar-refractivity contribution >= 4 is 28.6 Å². The monoisotopic (exact) mass is 466 g/mol. The fourth-order valence-corrected chi connectivity index (χ4v) is 2.90. The van der Waals surface area contributed by atoms with E-state index in [4.69, 9.17) is 4.74 Å². The van der Waals surface area contributed by atoms with Crippen molar-refractivity contribution in [2.24, 2.45) is 0 Å². The van der Waals surface area contributed by atoms with Gasteiger partial charge in [-0.2, -0.15) is 0 Å². The molecule has 1 N–H and O–H groups in total. The quantitative estimate of drug-likeness (QED) is 0.0840. The van der Waals surface area contributed by atoms with E-state index >= 15 is 0 Å². The Kier molecular flexibility index (Phi) is 20.1. The number of esters is 1. The first kappa shape index (κ1) is 24.9. The molecule has 1 atom stereocenters. The molecule has 0 aromatic rings. The molecule has 148 valence electrons. The van der Waals surface area contributed by atoms with Crippen molar-refractivity contribution in [1.29, 1.82) is 0 Å². The molecule has 0 saturated heterocycles. The van der Waals surface area contributed by atoms with E-state index in [1.807, 2.05) is 0 Å². The molecule has 0 bridgehead atoms. The number of unbranched alkanes of at least 4 members (excludes halogenated alkanes) is 11. The predicted molar refractivity (Wildman–Crippen MR) is 115 cm³/mol. The summed E-state index contributed by atoms with van der Waals surface area (Å²) in [6, 6.07) is 0. The van der Waals surface area contributed by atoms with E-state index in [0.29, 0.717) is 10.8 Å². The molecule has 0 spiro atoms. The summed E-state index contributed by atoms with van der Waals surface area (Å²) in [4.78, 5) is 11.5. The van der Waals surface area contributed by atoms with Crippen LogP contribution in [0.3, 0.4) is 0 Å². The van der Waals surface area contributed by atoms with Crippen LogP contribution >= 0.6 is 22.6 Å². The van der Waals surface area contributed by atoms with Gasteiger partial charge in [-0.3, -0.25) is 4.79 Å². The molecule has 0 saturated carbocycles. The van der Waals surface area contributed by atoms with Gasteiger partial charge < -0.3 is 9.84 Å². The highest BCUT2D eigenvalue weighted by molar-refractivity contribution is 14.1. The minimum atomic E-state index is -0.529. The lowest BCUT2D eigenvalue weighted by molar-refractivity contribution is -0.146. The van der Waals surface area contributed by atoms with E-state index in [9.17, 15) is 9.90 Å². The molecule has 25 heavy (non-hydrogen) atoms. The van der Waals surface area contributed by atoms with Crippen molar-refractivity contribution in [3.8, 4) is 0 Å². The molecule has 0 amide bonds. The van der Waals surface area contributed by atoms with Crippen molar-refractivity contribution in [2.45, 2.75) is 103 Å². The van der Waals surface area contributed by atoms with Gasteiger partial charge in [0.05, 0.1) is 6.10 Å². The Bertz CT molecular complexity index is 318. The zero-order valence-electron chi connectivity index (χ0n) is 16.2. The number of aliphatic hydroxyl groups excluding tert-OH is 1. The second kappa shape index (κ2) is 20.2. The van der Waals surface area contributed by atoms with Gasteiger partial charge in [-0.15, -0.1) is 0 Å². The molecule has 0 aromatic heterocycles. The van der Waals surface area contributed by atoms with E-state index < -0.39 is 6.10 Å². The number of rotatable bonds is 18. The number of halogens is 1. The van der Waals surface area contributed by atoms with Crippen molar-refractivity contribution in [1.82, 2.24) is 0 Å². The Morgan fingerprint density at radius 1 is 0.920 bits per heavy atom. The van der Waals surface area contributed by atoms with Crippen LogP contribution in [-0.2, 0) is 9.53 Å². The van der Waals surface area contributed by atoms with Gasteiger partial charge in [0.2, 0.25) is 0 Å². The summed E-state index contributed by atoms with van der Waals surface area (Å²) in [5.74, 6) is -0.179. The van der Waals surface area contributed by atoms with Crippen molar-refractivity contribution in [3.05, 3.63) is 12.2 Å². The highest BCUT2D eigenvalue weighted by Gasteiger charge is 2.06. The standard InChI is InChI=1S/C21H39IO3/c1-2-3-4-5-6-7-8-9-10-11-12-13-14-15-16-17-21(24)25-19-20(23)18-22/h9-10,20,23H,2-8,11-19H2,1H3/b10-9-/t20-/m0/s1. The lowest BCUT2D eigenvalue weighted by Gasteiger charge is -2.08. The summed E-state index contributed by atoms with van der Waals surface area (Å²) >= 11 is 2.08. The number of aliphatic hydroxyl groups is 1. The molecule has 4 heteroatoms. The van der Waals surface area contributed by atoms with Crippen LogP contribution in [0.5, 0.6) is 0 Å². The molecule has 0 fully saturated rings. The van der Waals surface area contributed by atoms with E-state index in [1.54, 1.807) is 0 Å². The normalized spacial score (nSPS) is 12.6. The summed E-state index contributed by atoms with van der Waals surface area (Å²) in [6.45, 7) is 2.39. The van der Waals surface area contributed by atoms with Crippen LogP contribution in [0.2, 0.25) is 0 Å². The Hall–Kier alpha value is -0.100. The molecule has 0 unspecified atom stereocenters. The number of allylic oxidation sites excluding steroid dienone is 2. The SMILES string of the molecule is CCCCCCCC/C=C\CCCCCCCC(=O)OC[C@@H](O)CI. The van der Waals surface area contributed by atoms with Gasteiger partial charge in [0.25, 0.3) is 0 Å². The third kappa shape index (κ3) is 20.1. The molecule has 0 aliphatic carbocycles. The summed E-state index contributed by atoms with van der Waals surface area (Å²) in [7, 11) is 0. The van der Waals surface area contributed by atoms with Gasteiger partial charge in [0.15, 0.2) is 0 Å². The van der Waals surface area contributed by atoms with Gasteiger partial charge in [-0.25, -0.2) is 0 Å². The fourth-order valence-electron chi connectivity index (χ4n) is 2.65. The molecular weight excluding hydrogens is 427 g/mol. The van der Waals surface area contributed by atoms with Crippen LogP contribution in [0.25, 0.3) is 0 Å². The van der Waals surface area contributed by atoms with Gasteiger partial charge in [0.1, 0.15) is 6.61 Å². The number of carbonyl (C=O) groups is 1. The lowest BCUT2D eigenvalue weighted by atomic mass is 10.1. The van der Waals surface area contributed by atoms with E-state index in [0.717, 1.165) is 12.8 Å². The number of ether oxygens (including phenoxy) is 1. The Labute approximate surface area is 169 Å².